The molecule has 1 aliphatic carbocycles. The number of aryl methyl sites for hydroxylation is 1. The molecule has 1 heterocycles. The third-order valence-electron chi connectivity index (χ3n) is 3.18. The molecule has 1 nitrogen and oxygen atoms in total. The van der Waals surface area contributed by atoms with E-state index in [4.69, 9.17) is 0 Å². The summed E-state index contributed by atoms with van der Waals surface area (Å²) >= 11 is 0. The van der Waals surface area contributed by atoms with Gasteiger partial charge in [0, 0.05) is 11.9 Å². The fourth-order valence-corrected chi connectivity index (χ4v) is 8.11. The summed E-state index contributed by atoms with van der Waals surface area (Å²) in [5, 5.41) is 0. The molecule has 0 fully saturated rings. The van der Waals surface area contributed by atoms with Gasteiger partial charge < -0.3 is 0 Å². The summed E-state index contributed by atoms with van der Waals surface area (Å²) in [5.74, 6) is 0.694. The number of rotatable bonds is 2. The van der Waals surface area contributed by atoms with E-state index < -0.39 is 0 Å². The van der Waals surface area contributed by atoms with E-state index in [1.807, 2.05) is 6.20 Å². The number of hydrogen-bond donors (Lipinski definition) is 0. The zero-order chi connectivity index (χ0) is 10.8. The minimum atomic E-state index is 0.119. The molecule has 1 aliphatic rings. The Labute approximate surface area is 99.2 Å². The van der Waals surface area contributed by atoms with Crippen LogP contribution in [-0.4, -0.2) is 10.6 Å². The van der Waals surface area contributed by atoms with Crippen LogP contribution in [0.4, 0.5) is 0 Å². The summed E-state index contributed by atoms with van der Waals surface area (Å²) < 4.78 is 0. The topological polar surface area (TPSA) is 12.9 Å². The van der Waals surface area contributed by atoms with Gasteiger partial charge in [-0.3, -0.25) is 4.98 Å². The molecule has 5 heteroatoms. The van der Waals surface area contributed by atoms with Gasteiger partial charge in [0.05, 0.1) is 0 Å². The van der Waals surface area contributed by atoms with Gasteiger partial charge in [-0.1, -0.05) is 28.2 Å². The van der Waals surface area contributed by atoms with Crippen molar-refractivity contribution in [1.82, 2.24) is 4.98 Å². The van der Waals surface area contributed by atoms with Crippen LogP contribution < -0.4 is 0 Å². The summed E-state index contributed by atoms with van der Waals surface area (Å²) in [7, 11) is 7.12. The maximum Gasteiger partial charge on any atom is 0.0438 e. The molecule has 6 unspecified atom stereocenters. The van der Waals surface area contributed by atoms with Crippen molar-refractivity contribution in [3.05, 3.63) is 29.6 Å². The smallest absolute Gasteiger partial charge is 0.0438 e. The van der Waals surface area contributed by atoms with Crippen LogP contribution in [-0.2, 0) is 6.42 Å². The standard InChI is InChI=1S/C10H17NP4/c1-7-8-3-2-6-11-9(8)4-5-10(7)15(13)14-12/h2-3,6-7,10,14H,4-5,12-13H2,1H3. The summed E-state index contributed by atoms with van der Waals surface area (Å²) in [6, 6.07) is 4.34. The molecule has 0 saturated carbocycles. The van der Waals surface area contributed by atoms with E-state index in [1.165, 1.54) is 24.1 Å². The Bertz CT molecular complexity index is 344. The second-order valence-electron chi connectivity index (χ2n) is 3.97. The lowest BCUT2D eigenvalue weighted by atomic mass is 9.86. The molecule has 0 N–H and O–H groups in total. The SMILES string of the molecule is CC1c2cccnc2CCC1P(P)PP. The number of nitrogens with zero attached hydrogens (tertiary/aromatic N) is 1. The normalized spacial score (nSPS) is 27.9. The van der Waals surface area contributed by atoms with Crippen LogP contribution in [0.5, 0.6) is 0 Å². The first-order valence-electron chi connectivity index (χ1n) is 5.18. The van der Waals surface area contributed by atoms with Crippen LogP contribution in [0.2, 0.25) is 0 Å². The number of hydrogen-bond acceptors (Lipinski definition) is 1. The first-order chi connectivity index (χ1) is 7.24. The molecule has 15 heavy (non-hydrogen) atoms. The van der Waals surface area contributed by atoms with E-state index in [1.54, 1.807) is 0 Å². The van der Waals surface area contributed by atoms with Gasteiger partial charge in [-0.2, -0.15) is 0 Å². The molecule has 2 rings (SSSR count). The minimum Gasteiger partial charge on any atom is -0.261 e. The fraction of sp³-hybridized carbons (Fsp3) is 0.500. The molecule has 0 amide bonds. The highest BCUT2D eigenvalue weighted by Crippen LogP contribution is 2.72. The number of aromatic nitrogens is 1. The maximum atomic E-state index is 4.49. The van der Waals surface area contributed by atoms with E-state index in [2.05, 4.69) is 41.9 Å². The van der Waals surface area contributed by atoms with Crippen LogP contribution >= 0.6 is 33.1 Å². The minimum absolute atomic E-state index is 0.119. The largest absolute Gasteiger partial charge is 0.261 e. The van der Waals surface area contributed by atoms with Crippen LogP contribution in [0.3, 0.4) is 0 Å². The zero-order valence-corrected chi connectivity index (χ0v) is 13.1. The molecular weight excluding hydrogens is 258 g/mol. The molecule has 1 aromatic heterocycles. The Hall–Kier alpha value is 0.870. The zero-order valence-electron chi connectivity index (χ0n) is 8.85. The molecule has 0 saturated heterocycles. The Morgan fingerprint density at radius 3 is 3.13 bits per heavy atom. The lowest BCUT2D eigenvalue weighted by Gasteiger charge is -2.34. The molecule has 82 valence electrons. The molecule has 6 atom stereocenters. The third kappa shape index (κ3) is 2.58. The first kappa shape index (κ1) is 12.3. The van der Waals surface area contributed by atoms with Crippen molar-refractivity contribution in [1.29, 1.82) is 0 Å². The Morgan fingerprint density at radius 2 is 2.40 bits per heavy atom. The van der Waals surface area contributed by atoms with E-state index in [0.29, 0.717) is 5.92 Å². The van der Waals surface area contributed by atoms with Gasteiger partial charge in [0.25, 0.3) is 0 Å². The van der Waals surface area contributed by atoms with Crippen molar-refractivity contribution in [3.8, 4) is 0 Å². The van der Waals surface area contributed by atoms with E-state index in [-0.39, 0.29) is 7.30 Å². The Kier molecular flexibility index (Phi) is 4.50. The average Bonchev–Trinajstić information content (AvgIpc) is 2.29. The van der Waals surface area contributed by atoms with Crippen molar-refractivity contribution >= 4 is 33.1 Å². The molecule has 0 radical (unpaired) electrons. The monoisotopic (exact) mass is 275 g/mol. The lowest BCUT2D eigenvalue weighted by Crippen LogP contribution is -2.21. The number of pyridine rings is 1. The summed E-state index contributed by atoms with van der Waals surface area (Å²) in [6.45, 7) is 2.37. The van der Waals surface area contributed by atoms with Gasteiger partial charge in [0.1, 0.15) is 0 Å². The van der Waals surface area contributed by atoms with Gasteiger partial charge >= 0.3 is 0 Å². The van der Waals surface area contributed by atoms with Gasteiger partial charge in [-0.15, -0.1) is 17.9 Å². The molecule has 0 bridgehead atoms. The molecule has 0 aliphatic heterocycles. The Balaban J connectivity index is 2.25. The van der Waals surface area contributed by atoms with E-state index >= 15 is 0 Å². The quantitative estimate of drug-likeness (QED) is 0.739. The first-order valence-corrected chi connectivity index (χ1v) is 11.9. The van der Waals surface area contributed by atoms with Crippen molar-refractivity contribution in [2.24, 2.45) is 0 Å². The van der Waals surface area contributed by atoms with Crippen molar-refractivity contribution in [2.45, 2.75) is 31.3 Å². The van der Waals surface area contributed by atoms with Gasteiger partial charge in [0.15, 0.2) is 0 Å². The van der Waals surface area contributed by atoms with Crippen LogP contribution in [0.15, 0.2) is 18.3 Å². The predicted octanol–water partition coefficient (Wildman–Crippen LogP) is 4.16. The van der Waals surface area contributed by atoms with Crippen LogP contribution in [0.25, 0.3) is 0 Å². The third-order valence-corrected chi connectivity index (χ3v) is 14.6. The Morgan fingerprint density at radius 1 is 1.60 bits per heavy atom. The summed E-state index contributed by atoms with van der Waals surface area (Å²) in [6.07, 6.45) is 4.42. The van der Waals surface area contributed by atoms with Gasteiger partial charge in [-0.05, 0) is 36.0 Å². The van der Waals surface area contributed by atoms with Crippen molar-refractivity contribution in [2.75, 3.05) is 0 Å². The molecule has 1 aromatic rings. The highest BCUT2D eigenvalue weighted by Gasteiger charge is 2.29. The van der Waals surface area contributed by atoms with Crippen LogP contribution in [0, 0.1) is 0 Å². The molecular formula is C10H17NP4. The van der Waals surface area contributed by atoms with Crippen molar-refractivity contribution in [3.63, 3.8) is 0 Å². The highest BCUT2D eigenvalue weighted by molar-refractivity contribution is 8.61. The lowest BCUT2D eigenvalue weighted by molar-refractivity contribution is 0.593. The second-order valence-corrected chi connectivity index (χ2v) is 13.6. The molecule has 0 aromatic carbocycles. The summed E-state index contributed by atoms with van der Waals surface area (Å²) in [4.78, 5) is 4.49. The van der Waals surface area contributed by atoms with Gasteiger partial charge in [-0.25, -0.2) is 0 Å². The van der Waals surface area contributed by atoms with Crippen molar-refractivity contribution < 1.29 is 0 Å². The fourth-order valence-electron chi connectivity index (χ4n) is 2.29. The predicted molar refractivity (Wildman–Crippen MR) is 79.4 cm³/mol. The highest BCUT2D eigenvalue weighted by atomic mass is 32.6. The number of fused-ring (bicyclic) bond motifs is 1. The second kappa shape index (κ2) is 5.47. The van der Waals surface area contributed by atoms with Gasteiger partial charge in [0.2, 0.25) is 0 Å². The molecule has 0 spiro atoms. The van der Waals surface area contributed by atoms with E-state index in [0.717, 1.165) is 13.6 Å². The van der Waals surface area contributed by atoms with E-state index in [9.17, 15) is 0 Å². The maximum absolute atomic E-state index is 4.49. The summed E-state index contributed by atoms with van der Waals surface area (Å²) in [5.41, 5.74) is 3.70. The van der Waals surface area contributed by atoms with Crippen LogP contribution in [0.1, 0.15) is 30.5 Å². The average molecular weight is 275 g/mol.